The summed E-state index contributed by atoms with van der Waals surface area (Å²) in [4.78, 5) is 10.8. The maximum absolute atomic E-state index is 12.3. The monoisotopic (exact) mass is 359 g/mol. The Labute approximate surface area is 131 Å². The molecule has 0 aromatic heterocycles. The van der Waals surface area contributed by atoms with Crippen molar-refractivity contribution in [1.82, 2.24) is 4.72 Å². The normalized spacial score (nSPS) is 14.8. The largest absolute Gasteiger partial charge is 0.480 e. The van der Waals surface area contributed by atoms with E-state index in [1.807, 2.05) is 0 Å². The summed E-state index contributed by atoms with van der Waals surface area (Å²) in [6.45, 7) is 2.80. The number of carboxylic acid groups (broad SMARTS) is 1. The van der Waals surface area contributed by atoms with Crippen LogP contribution in [0, 0.1) is 0 Å². The molecule has 0 bridgehead atoms. The van der Waals surface area contributed by atoms with Gasteiger partial charge in [0, 0.05) is 5.02 Å². The molecule has 1 rings (SSSR count). The highest BCUT2D eigenvalue weighted by Crippen LogP contribution is 2.33. The quantitative estimate of drug-likeness (QED) is 0.844. The average Bonchev–Trinajstić information content (AvgIpc) is 2.25. The van der Waals surface area contributed by atoms with Gasteiger partial charge in [0.05, 0.1) is 10.0 Å². The lowest BCUT2D eigenvalue weighted by molar-refractivity contribution is -0.143. The van der Waals surface area contributed by atoms with Crippen LogP contribution < -0.4 is 4.72 Å². The van der Waals surface area contributed by atoms with E-state index in [9.17, 15) is 13.2 Å². The number of sulfonamides is 1. The van der Waals surface area contributed by atoms with Crippen LogP contribution in [0.1, 0.15) is 20.3 Å². The van der Waals surface area contributed by atoms with Crippen LogP contribution in [0.2, 0.25) is 15.1 Å². The molecular formula is C11H12Cl3NO4S. The second kappa shape index (κ2) is 6.07. The summed E-state index contributed by atoms with van der Waals surface area (Å²) >= 11 is 17.4. The molecule has 0 spiro atoms. The predicted molar refractivity (Wildman–Crippen MR) is 78.1 cm³/mol. The van der Waals surface area contributed by atoms with Crippen molar-refractivity contribution in [2.24, 2.45) is 0 Å². The van der Waals surface area contributed by atoms with E-state index in [2.05, 4.69) is 4.72 Å². The van der Waals surface area contributed by atoms with E-state index in [0.717, 1.165) is 0 Å². The average molecular weight is 361 g/mol. The molecule has 1 aromatic rings. The molecule has 112 valence electrons. The molecule has 9 heteroatoms. The van der Waals surface area contributed by atoms with Crippen molar-refractivity contribution < 1.29 is 18.3 Å². The van der Waals surface area contributed by atoms with E-state index < -0.39 is 26.4 Å². The zero-order valence-corrected chi connectivity index (χ0v) is 13.7. The number of halogens is 3. The first-order valence-electron chi connectivity index (χ1n) is 5.45. The van der Waals surface area contributed by atoms with Crippen molar-refractivity contribution >= 4 is 50.8 Å². The molecule has 0 saturated heterocycles. The summed E-state index contributed by atoms with van der Waals surface area (Å²) in [5.74, 6) is -1.30. The second-order valence-corrected chi connectivity index (χ2v) is 7.16. The summed E-state index contributed by atoms with van der Waals surface area (Å²) in [5, 5.41) is 8.92. The van der Waals surface area contributed by atoms with Gasteiger partial charge in [0.15, 0.2) is 0 Å². The molecule has 0 aliphatic rings. The Hall–Kier alpha value is -0.530. The van der Waals surface area contributed by atoms with Gasteiger partial charge in [-0.2, -0.15) is 4.72 Å². The van der Waals surface area contributed by atoms with Gasteiger partial charge in [-0.3, -0.25) is 4.79 Å². The molecule has 0 fully saturated rings. The standard InChI is InChI=1S/C11H12Cl3NO4S/c1-3-11(2,10(16)17)15-20(18,19)9-7(13)4-6(12)5-8(9)14/h4-5,15H,3H2,1-2H3,(H,16,17). The first kappa shape index (κ1) is 17.5. The van der Waals surface area contributed by atoms with Gasteiger partial charge in [0.2, 0.25) is 10.0 Å². The smallest absolute Gasteiger partial charge is 0.324 e. The van der Waals surface area contributed by atoms with Crippen molar-refractivity contribution in [3.05, 3.63) is 27.2 Å². The van der Waals surface area contributed by atoms with E-state index >= 15 is 0 Å². The maximum atomic E-state index is 12.3. The van der Waals surface area contributed by atoms with Crippen LogP contribution in [0.3, 0.4) is 0 Å². The lowest BCUT2D eigenvalue weighted by Crippen LogP contribution is -2.51. The third-order valence-corrected chi connectivity index (χ3v) is 5.51. The Morgan fingerprint density at radius 3 is 2.10 bits per heavy atom. The van der Waals surface area contributed by atoms with Crippen LogP contribution in [0.25, 0.3) is 0 Å². The molecule has 1 aromatic carbocycles. The van der Waals surface area contributed by atoms with Crippen molar-refractivity contribution in [3.8, 4) is 0 Å². The summed E-state index contributed by atoms with van der Waals surface area (Å²) in [7, 11) is -4.21. The Bertz CT molecular complexity index is 624. The van der Waals surface area contributed by atoms with Gasteiger partial charge in [0.1, 0.15) is 10.4 Å². The number of aliphatic carboxylic acids is 1. The summed E-state index contributed by atoms with van der Waals surface area (Å²) in [6.07, 6.45) is 0.0460. The minimum atomic E-state index is -4.21. The van der Waals surface area contributed by atoms with Gasteiger partial charge >= 0.3 is 5.97 Å². The molecule has 1 unspecified atom stereocenters. The van der Waals surface area contributed by atoms with Crippen molar-refractivity contribution in [3.63, 3.8) is 0 Å². The highest BCUT2D eigenvalue weighted by Gasteiger charge is 2.37. The molecular weight excluding hydrogens is 349 g/mol. The number of nitrogens with one attached hydrogen (secondary N) is 1. The van der Waals surface area contributed by atoms with Crippen molar-refractivity contribution in [1.29, 1.82) is 0 Å². The third kappa shape index (κ3) is 3.56. The zero-order chi connectivity index (χ0) is 15.7. The van der Waals surface area contributed by atoms with E-state index in [-0.39, 0.29) is 21.5 Å². The summed E-state index contributed by atoms with van der Waals surface area (Å²) < 4.78 is 26.7. The molecule has 1 atom stereocenters. The minimum absolute atomic E-state index is 0.0460. The first-order valence-corrected chi connectivity index (χ1v) is 8.07. The first-order chi connectivity index (χ1) is 9.03. The minimum Gasteiger partial charge on any atom is -0.480 e. The predicted octanol–water partition coefficient (Wildman–Crippen LogP) is 3.18. The van der Waals surface area contributed by atoms with Crippen LogP contribution in [-0.4, -0.2) is 25.0 Å². The van der Waals surface area contributed by atoms with Gasteiger partial charge < -0.3 is 5.11 Å². The number of carboxylic acids is 1. The number of benzene rings is 1. The van der Waals surface area contributed by atoms with Crippen LogP contribution in [0.15, 0.2) is 17.0 Å². The zero-order valence-electron chi connectivity index (χ0n) is 10.6. The molecule has 0 aliphatic heterocycles. The van der Waals surface area contributed by atoms with Crippen LogP contribution in [-0.2, 0) is 14.8 Å². The Morgan fingerprint density at radius 2 is 1.75 bits per heavy atom. The molecule has 2 N–H and O–H groups in total. The van der Waals surface area contributed by atoms with E-state index in [1.54, 1.807) is 6.92 Å². The highest BCUT2D eigenvalue weighted by atomic mass is 35.5. The second-order valence-electron chi connectivity index (χ2n) is 4.29. The number of hydrogen-bond donors (Lipinski definition) is 2. The molecule has 0 amide bonds. The molecule has 5 nitrogen and oxygen atoms in total. The van der Waals surface area contributed by atoms with Crippen LogP contribution in [0.4, 0.5) is 0 Å². The third-order valence-electron chi connectivity index (χ3n) is 2.77. The fourth-order valence-electron chi connectivity index (χ4n) is 1.40. The molecule has 0 aliphatic carbocycles. The van der Waals surface area contributed by atoms with Crippen LogP contribution >= 0.6 is 34.8 Å². The molecule has 0 radical (unpaired) electrons. The van der Waals surface area contributed by atoms with Gasteiger partial charge in [-0.25, -0.2) is 8.42 Å². The van der Waals surface area contributed by atoms with Gasteiger partial charge in [-0.15, -0.1) is 0 Å². The van der Waals surface area contributed by atoms with E-state index in [1.165, 1.54) is 19.1 Å². The fraction of sp³-hybridized carbons (Fsp3) is 0.364. The fourth-order valence-corrected chi connectivity index (χ4v) is 4.38. The van der Waals surface area contributed by atoms with Gasteiger partial charge in [-0.1, -0.05) is 41.7 Å². The SMILES string of the molecule is CCC(C)(NS(=O)(=O)c1c(Cl)cc(Cl)cc1Cl)C(=O)O. The van der Waals surface area contributed by atoms with E-state index in [4.69, 9.17) is 39.9 Å². The number of rotatable bonds is 5. The number of carbonyl (C=O) groups is 1. The highest BCUT2D eigenvalue weighted by molar-refractivity contribution is 7.89. The van der Waals surface area contributed by atoms with Crippen molar-refractivity contribution in [2.45, 2.75) is 30.7 Å². The Kier molecular flexibility index (Phi) is 5.32. The van der Waals surface area contributed by atoms with E-state index in [0.29, 0.717) is 0 Å². The summed E-state index contributed by atoms with van der Waals surface area (Å²) in [5.41, 5.74) is -1.66. The van der Waals surface area contributed by atoms with Gasteiger partial charge in [-0.05, 0) is 25.5 Å². The maximum Gasteiger partial charge on any atom is 0.324 e. The molecule has 0 heterocycles. The number of hydrogen-bond acceptors (Lipinski definition) is 3. The Morgan fingerprint density at radius 1 is 1.30 bits per heavy atom. The lowest BCUT2D eigenvalue weighted by Gasteiger charge is -2.24. The van der Waals surface area contributed by atoms with Crippen molar-refractivity contribution in [2.75, 3.05) is 0 Å². The Balaban J connectivity index is 3.36. The van der Waals surface area contributed by atoms with Gasteiger partial charge in [0.25, 0.3) is 0 Å². The topological polar surface area (TPSA) is 83.5 Å². The lowest BCUT2D eigenvalue weighted by atomic mass is 10.0. The summed E-state index contributed by atoms with van der Waals surface area (Å²) in [6, 6.07) is 2.43. The van der Waals surface area contributed by atoms with Crippen LogP contribution in [0.5, 0.6) is 0 Å². The molecule has 20 heavy (non-hydrogen) atoms. The molecule has 0 saturated carbocycles.